The van der Waals surface area contributed by atoms with Crippen LogP contribution in [0.3, 0.4) is 0 Å². The van der Waals surface area contributed by atoms with Crippen molar-refractivity contribution in [3.05, 3.63) is 70.2 Å². The van der Waals surface area contributed by atoms with Gasteiger partial charge in [-0.15, -0.1) is 0 Å². The molecular formula is C64H95ClF3N11O11. The van der Waals surface area contributed by atoms with E-state index in [-0.39, 0.29) is 63.3 Å². The maximum atomic E-state index is 14.9. The number of hydrogen-bond acceptors (Lipinski definition) is 11. The van der Waals surface area contributed by atoms with Gasteiger partial charge in [-0.2, -0.15) is 13.2 Å². The van der Waals surface area contributed by atoms with E-state index < -0.39 is 150 Å². The predicted molar refractivity (Wildman–Crippen MR) is 334 cm³/mol. The maximum absolute atomic E-state index is 14.9. The van der Waals surface area contributed by atoms with Crippen molar-refractivity contribution in [1.29, 1.82) is 0 Å². The van der Waals surface area contributed by atoms with Crippen molar-refractivity contribution in [3.63, 3.8) is 0 Å². The molecule has 2 aromatic carbocycles. The average Bonchev–Trinajstić information content (AvgIpc) is 1.37. The molecular weight excluding hydrogens is 1190 g/mol. The maximum Gasteiger partial charge on any atom is 0.416 e. The van der Waals surface area contributed by atoms with Crippen molar-refractivity contribution >= 4 is 76.6 Å². The number of likely N-dealkylation sites (N-methyl/N-ethyl adjacent to an activating group) is 6. The minimum Gasteiger partial charge on any atom is -0.351 e. The number of benzene rings is 2. The Morgan fingerprint density at radius 3 is 1.73 bits per heavy atom. The van der Waals surface area contributed by atoms with Gasteiger partial charge in [-0.1, -0.05) is 83.8 Å². The van der Waals surface area contributed by atoms with Gasteiger partial charge in [0.05, 0.1) is 25.2 Å². The van der Waals surface area contributed by atoms with Gasteiger partial charge in [0, 0.05) is 72.7 Å². The fraction of sp³-hybridized carbons (Fsp3) is 0.641. The molecule has 2 heterocycles. The van der Waals surface area contributed by atoms with Gasteiger partial charge in [0.25, 0.3) is 0 Å². The summed E-state index contributed by atoms with van der Waals surface area (Å²) < 4.78 is 40.8. The highest BCUT2D eigenvalue weighted by molar-refractivity contribution is 6.30. The molecule has 0 spiro atoms. The average molecular weight is 1290 g/mol. The molecule has 8 atom stereocenters. The zero-order valence-electron chi connectivity index (χ0n) is 54.9. The second-order valence-electron chi connectivity index (χ2n) is 25.7. The molecule has 90 heavy (non-hydrogen) atoms. The molecule has 26 heteroatoms. The van der Waals surface area contributed by atoms with Gasteiger partial charge in [0.1, 0.15) is 41.8 Å². The summed E-state index contributed by atoms with van der Waals surface area (Å²) >= 11 is 6.20. The van der Waals surface area contributed by atoms with E-state index in [0.717, 1.165) is 36.6 Å². The number of aryl methyl sites for hydroxylation is 1. The number of hydrogen-bond donors (Lipinski definition) is 4. The number of carbonyl (C=O) groups is 11. The number of nitrogens with zero attached hydrogens (tertiary/aromatic N) is 7. The van der Waals surface area contributed by atoms with E-state index in [1.54, 1.807) is 52.0 Å². The van der Waals surface area contributed by atoms with Crippen molar-refractivity contribution < 1.29 is 65.9 Å². The van der Waals surface area contributed by atoms with Gasteiger partial charge in [-0.05, 0) is 119 Å². The van der Waals surface area contributed by atoms with Gasteiger partial charge >= 0.3 is 6.18 Å². The second kappa shape index (κ2) is 33.1. The Morgan fingerprint density at radius 1 is 0.611 bits per heavy atom. The number of nitrogens with one attached hydrogen (secondary N) is 4. The summed E-state index contributed by atoms with van der Waals surface area (Å²) in [6, 6.07) is 2.67. The number of carbonyl (C=O) groups excluding carboxylic acids is 11. The van der Waals surface area contributed by atoms with Crippen LogP contribution in [0.15, 0.2) is 48.5 Å². The monoisotopic (exact) mass is 1290 g/mol. The Kier molecular flexibility index (Phi) is 27.7. The minimum absolute atomic E-state index is 0.0398. The summed E-state index contributed by atoms with van der Waals surface area (Å²) in [6.07, 6.45) is -3.06. The van der Waals surface area contributed by atoms with E-state index in [0.29, 0.717) is 35.4 Å². The lowest BCUT2D eigenvalue weighted by Gasteiger charge is -2.38. The topological polar surface area (TPSA) is 259 Å². The molecule has 11 amide bonds. The Balaban J connectivity index is 1.81. The zero-order valence-corrected chi connectivity index (χ0v) is 55.7. The van der Waals surface area contributed by atoms with Gasteiger partial charge in [0.15, 0.2) is 0 Å². The molecule has 0 bridgehead atoms. The fourth-order valence-corrected chi connectivity index (χ4v) is 11.2. The number of piperidine rings is 1. The molecule has 0 aliphatic carbocycles. The largest absolute Gasteiger partial charge is 0.416 e. The first-order chi connectivity index (χ1) is 41.9. The number of rotatable bonds is 11. The molecule has 0 radical (unpaired) electrons. The van der Waals surface area contributed by atoms with Gasteiger partial charge in [-0.3, -0.25) is 52.7 Å². The summed E-state index contributed by atoms with van der Waals surface area (Å²) in [5, 5.41) is 11.6. The lowest BCUT2D eigenvalue weighted by molar-refractivity contribution is -0.149. The highest BCUT2D eigenvalue weighted by atomic mass is 35.5. The smallest absolute Gasteiger partial charge is 0.351 e. The van der Waals surface area contributed by atoms with Crippen molar-refractivity contribution in [1.82, 2.24) is 55.6 Å². The molecule has 2 fully saturated rings. The predicted octanol–water partition coefficient (Wildman–Crippen LogP) is 4.68. The zero-order chi connectivity index (χ0) is 67.9. The van der Waals surface area contributed by atoms with Crippen LogP contribution in [-0.2, 0) is 71.8 Å². The Bertz CT molecular complexity index is 2880. The summed E-state index contributed by atoms with van der Waals surface area (Å²) in [5.41, 5.74) is -1.68. The number of fused-ring (bicyclic) bond motifs is 1. The van der Waals surface area contributed by atoms with E-state index in [1.807, 2.05) is 20.8 Å². The summed E-state index contributed by atoms with van der Waals surface area (Å²) in [6.45, 7) is 13.9. The lowest BCUT2D eigenvalue weighted by atomic mass is 9.95. The summed E-state index contributed by atoms with van der Waals surface area (Å²) in [4.78, 5) is 167. The van der Waals surface area contributed by atoms with Gasteiger partial charge in [0.2, 0.25) is 65.0 Å². The van der Waals surface area contributed by atoms with Gasteiger partial charge < -0.3 is 55.6 Å². The first kappa shape index (κ1) is 75.2. The van der Waals surface area contributed by atoms with Crippen LogP contribution >= 0.6 is 11.6 Å². The molecule has 2 saturated heterocycles. The molecule has 4 N–H and O–H groups in total. The quantitative estimate of drug-likeness (QED) is 0.240. The van der Waals surface area contributed by atoms with Crippen molar-refractivity contribution in [2.75, 3.05) is 68.5 Å². The third kappa shape index (κ3) is 21.1. The number of amides is 11. The minimum atomic E-state index is -4.63. The van der Waals surface area contributed by atoms with E-state index in [1.165, 1.54) is 78.1 Å². The number of halogens is 4. The summed E-state index contributed by atoms with van der Waals surface area (Å²) in [5.74, 6) is -8.23. The lowest BCUT2D eigenvalue weighted by Crippen LogP contribution is -2.63. The van der Waals surface area contributed by atoms with Crippen molar-refractivity contribution in [2.24, 2.45) is 17.8 Å². The molecule has 2 aromatic rings. The highest BCUT2D eigenvalue weighted by Crippen LogP contribution is 2.30. The van der Waals surface area contributed by atoms with Crippen LogP contribution < -0.4 is 21.3 Å². The van der Waals surface area contributed by atoms with Crippen molar-refractivity contribution in [2.45, 2.75) is 181 Å². The highest BCUT2D eigenvalue weighted by Gasteiger charge is 2.43. The first-order valence-electron chi connectivity index (χ1n) is 30.8. The Labute approximate surface area is 533 Å². The molecule has 0 aromatic heterocycles. The van der Waals surface area contributed by atoms with E-state index in [9.17, 15) is 65.9 Å². The van der Waals surface area contributed by atoms with Crippen LogP contribution in [0.4, 0.5) is 13.2 Å². The second-order valence-corrected chi connectivity index (χ2v) is 26.1. The van der Waals surface area contributed by atoms with Crippen LogP contribution in [0.5, 0.6) is 0 Å². The van der Waals surface area contributed by atoms with Crippen LogP contribution in [0, 0.1) is 17.8 Å². The third-order valence-electron chi connectivity index (χ3n) is 16.8. The molecule has 4 rings (SSSR count). The Morgan fingerprint density at radius 2 is 1.17 bits per heavy atom. The molecule has 2 aliphatic heterocycles. The van der Waals surface area contributed by atoms with Crippen LogP contribution in [-0.4, -0.2) is 216 Å². The van der Waals surface area contributed by atoms with Gasteiger partial charge in [-0.25, -0.2) is 0 Å². The standard InChI is InChI=1S/C64H95ClF3N11O11/c1-16-40(6)55-61(89)75(12)36-53(82)73(10)37-54(83)76(13)50(34-43-22-27-45(65)28-23-43)60(88)74(11)35-51(80)70-46(29-24-42-20-25-44(26-21-42)64(66,67)68)59(87)77(14)49(32-39(4)5)58(86)72-63(8,9)62(90)78(15)48(31-38(2)3)57(85)69-41(7)33-52(81)79-30-18-17-19-47(79)56(84)71-55/h20-23,25-28,38-41,46-50,55H,16-19,24,29-37H2,1-15H3,(H,69,85)(H,70,80)(H,71,84)(H,72,86)/t40?,41-,46+,47+,48+,49+,50+,55+/m1/s1. The SMILES string of the molecule is CCC(C)[C@@H]1NC(=O)[C@@H]2CCCCN2C(=O)C[C@@H](C)NC(=O)[C@H](CC(C)C)N(C)C(=O)C(C)(C)NC(=O)[C@H](CC(C)C)N(C)C(=O)[C@H](CCc2ccc(C(F)(F)F)cc2)NC(=O)CN(C)C(=O)[C@H](Cc2ccc(Cl)cc2)N(C)C(=O)CN(C)C(=O)CN(C)C1=O. The molecule has 2 aliphatic rings. The molecule has 0 saturated carbocycles. The van der Waals surface area contributed by atoms with E-state index in [4.69, 9.17) is 11.6 Å². The van der Waals surface area contributed by atoms with Crippen molar-refractivity contribution in [3.8, 4) is 0 Å². The van der Waals surface area contributed by atoms with Crippen LogP contribution in [0.1, 0.15) is 130 Å². The van der Waals surface area contributed by atoms with Crippen LogP contribution in [0.25, 0.3) is 0 Å². The molecule has 22 nitrogen and oxygen atoms in total. The summed E-state index contributed by atoms with van der Waals surface area (Å²) in [7, 11) is 8.15. The molecule has 500 valence electrons. The Hall–Kier alpha value is -7.31. The van der Waals surface area contributed by atoms with Crippen LogP contribution in [0.2, 0.25) is 5.02 Å². The fourth-order valence-electron chi connectivity index (χ4n) is 11.1. The van der Waals surface area contributed by atoms with E-state index in [2.05, 4.69) is 21.3 Å². The van der Waals surface area contributed by atoms with E-state index >= 15 is 0 Å². The normalized spacial score (nSPS) is 24.4. The third-order valence-corrected chi connectivity index (χ3v) is 17.0. The molecule has 1 unspecified atom stereocenters. The number of alkyl halides is 3. The first-order valence-corrected chi connectivity index (χ1v) is 31.2.